The molecule has 2 aromatic heterocycles. The molecule has 0 atom stereocenters. The first-order chi connectivity index (χ1) is 10.7. The van der Waals surface area contributed by atoms with E-state index in [1.165, 1.54) is 11.3 Å². The zero-order valence-corrected chi connectivity index (χ0v) is 13.0. The van der Waals surface area contributed by atoms with Crippen molar-refractivity contribution < 1.29 is 9.13 Å². The Balaban J connectivity index is 1.86. The van der Waals surface area contributed by atoms with E-state index in [-0.39, 0.29) is 11.1 Å². The monoisotopic (exact) mass is 336 g/mol. The fraction of sp³-hybridized carbons (Fsp3) is 0.0714. The third kappa shape index (κ3) is 3.15. The number of hydrogen-bond donors (Lipinski definition) is 1. The van der Waals surface area contributed by atoms with Crippen molar-refractivity contribution in [2.24, 2.45) is 0 Å². The summed E-state index contributed by atoms with van der Waals surface area (Å²) in [5.74, 6) is 0.141. The summed E-state index contributed by atoms with van der Waals surface area (Å²) < 4.78 is 18.8. The number of anilines is 2. The lowest BCUT2D eigenvalue weighted by molar-refractivity contribution is 0.415. The molecule has 0 unspecified atom stereocenters. The number of ether oxygens (including phenoxy) is 1. The molecule has 0 bridgehead atoms. The van der Waals surface area contributed by atoms with Gasteiger partial charge in [-0.25, -0.2) is 14.4 Å². The fourth-order valence-electron chi connectivity index (χ4n) is 1.78. The molecule has 0 saturated carbocycles. The summed E-state index contributed by atoms with van der Waals surface area (Å²) in [5.41, 5.74) is 1.66. The van der Waals surface area contributed by atoms with Gasteiger partial charge in [-0.1, -0.05) is 12.1 Å². The third-order valence-corrected chi connectivity index (χ3v) is 3.75. The van der Waals surface area contributed by atoms with Gasteiger partial charge >= 0.3 is 0 Å². The number of benzene rings is 1. The second-order valence-electron chi connectivity index (χ2n) is 4.23. The first kappa shape index (κ1) is 14.7. The molecule has 0 aliphatic rings. The van der Waals surface area contributed by atoms with E-state index in [0.29, 0.717) is 5.13 Å². The molecule has 0 aliphatic heterocycles. The molecule has 3 rings (SSSR count). The van der Waals surface area contributed by atoms with Crippen LogP contribution in [-0.2, 0) is 0 Å². The van der Waals surface area contributed by atoms with Crippen LogP contribution in [0.5, 0.6) is 5.75 Å². The lowest BCUT2D eigenvalue weighted by Crippen LogP contribution is -1.98. The number of thiazole rings is 1. The summed E-state index contributed by atoms with van der Waals surface area (Å²) >= 11 is 6.99. The van der Waals surface area contributed by atoms with Crippen molar-refractivity contribution in [1.82, 2.24) is 15.0 Å². The van der Waals surface area contributed by atoms with Gasteiger partial charge in [-0.3, -0.25) is 0 Å². The quantitative estimate of drug-likeness (QED) is 0.725. The summed E-state index contributed by atoms with van der Waals surface area (Å²) in [7, 11) is 1.61. The predicted molar refractivity (Wildman–Crippen MR) is 84.4 cm³/mol. The van der Waals surface area contributed by atoms with Gasteiger partial charge in [0.1, 0.15) is 5.75 Å². The van der Waals surface area contributed by atoms with Gasteiger partial charge < -0.3 is 10.1 Å². The molecule has 1 N–H and O–H groups in total. The molecular weight excluding hydrogens is 327 g/mol. The number of hydrogen-bond acceptors (Lipinski definition) is 6. The third-order valence-electron chi connectivity index (χ3n) is 2.81. The van der Waals surface area contributed by atoms with Gasteiger partial charge in [0, 0.05) is 10.9 Å². The summed E-state index contributed by atoms with van der Waals surface area (Å²) in [6.07, 6.45) is 1.01. The highest BCUT2D eigenvalue weighted by molar-refractivity contribution is 7.14. The predicted octanol–water partition coefficient (Wildman–Crippen LogP) is 4.14. The smallest absolute Gasteiger partial charge is 0.224 e. The number of methoxy groups -OCH3 is 1. The Morgan fingerprint density at radius 3 is 3.00 bits per heavy atom. The molecule has 5 nitrogen and oxygen atoms in total. The Hall–Kier alpha value is -2.25. The van der Waals surface area contributed by atoms with Gasteiger partial charge in [0.05, 0.1) is 19.0 Å². The highest BCUT2D eigenvalue weighted by Gasteiger charge is 2.10. The van der Waals surface area contributed by atoms with E-state index in [0.717, 1.165) is 23.2 Å². The SMILES string of the molecule is COc1cccc(-c2csc(Nc3nc(Cl)ncc3F)n2)c1. The van der Waals surface area contributed by atoms with E-state index in [9.17, 15) is 4.39 Å². The summed E-state index contributed by atoms with van der Waals surface area (Å²) in [4.78, 5) is 11.8. The largest absolute Gasteiger partial charge is 0.497 e. The van der Waals surface area contributed by atoms with Crippen LogP contribution in [0.3, 0.4) is 0 Å². The summed E-state index contributed by atoms with van der Waals surface area (Å²) in [5, 5.41) is 5.13. The topological polar surface area (TPSA) is 59.9 Å². The Kier molecular flexibility index (Phi) is 4.17. The van der Waals surface area contributed by atoms with Crippen LogP contribution in [0.1, 0.15) is 0 Å². The second-order valence-corrected chi connectivity index (χ2v) is 5.43. The molecular formula is C14H10ClFN4OS. The van der Waals surface area contributed by atoms with Crippen molar-refractivity contribution in [3.05, 3.63) is 46.9 Å². The van der Waals surface area contributed by atoms with E-state index < -0.39 is 5.82 Å². The first-order valence-electron chi connectivity index (χ1n) is 6.21. The van der Waals surface area contributed by atoms with Crippen LogP contribution in [0, 0.1) is 5.82 Å². The Morgan fingerprint density at radius 1 is 1.32 bits per heavy atom. The number of nitrogens with one attached hydrogen (secondary N) is 1. The van der Waals surface area contributed by atoms with Crippen LogP contribution in [0.4, 0.5) is 15.3 Å². The normalized spacial score (nSPS) is 10.5. The number of rotatable bonds is 4. The molecule has 0 aliphatic carbocycles. The van der Waals surface area contributed by atoms with Gasteiger partial charge in [-0.15, -0.1) is 11.3 Å². The zero-order chi connectivity index (χ0) is 15.5. The average Bonchev–Trinajstić information content (AvgIpc) is 2.99. The highest BCUT2D eigenvalue weighted by atomic mass is 35.5. The number of halogens is 2. The van der Waals surface area contributed by atoms with Gasteiger partial charge in [-0.05, 0) is 23.7 Å². The van der Waals surface area contributed by atoms with Crippen LogP contribution in [0.25, 0.3) is 11.3 Å². The van der Waals surface area contributed by atoms with E-state index in [4.69, 9.17) is 16.3 Å². The Labute approximate surface area is 134 Å². The Morgan fingerprint density at radius 2 is 2.18 bits per heavy atom. The zero-order valence-electron chi connectivity index (χ0n) is 11.4. The van der Waals surface area contributed by atoms with Gasteiger partial charge in [0.25, 0.3) is 0 Å². The molecule has 1 aromatic carbocycles. The van der Waals surface area contributed by atoms with Crippen molar-refractivity contribution in [2.45, 2.75) is 0 Å². The highest BCUT2D eigenvalue weighted by Crippen LogP contribution is 2.29. The van der Waals surface area contributed by atoms with E-state index in [2.05, 4.69) is 20.3 Å². The van der Waals surface area contributed by atoms with E-state index in [1.54, 1.807) is 7.11 Å². The molecule has 22 heavy (non-hydrogen) atoms. The van der Waals surface area contributed by atoms with Crippen LogP contribution in [-0.4, -0.2) is 22.1 Å². The lowest BCUT2D eigenvalue weighted by atomic mass is 10.2. The molecule has 0 saturated heterocycles. The molecule has 2 heterocycles. The van der Waals surface area contributed by atoms with Crippen molar-refractivity contribution >= 4 is 33.9 Å². The van der Waals surface area contributed by atoms with E-state index >= 15 is 0 Å². The maximum absolute atomic E-state index is 13.6. The molecule has 0 spiro atoms. The minimum absolute atomic E-state index is 0.00783. The number of aromatic nitrogens is 3. The van der Waals surface area contributed by atoms with Crippen molar-refractivity contribution in [2.75, 3.05) is 12.4 Å². The lowest BCUT2D eigenvalue weighted by Gasteiger charge is -2.03. The average molecular weight is 337 g/mol. The summed E-state index contributed by atoms with van der Waals surface area (Å²) in [6, 6.07) is 7.53. The van der Waals surface area contributed by atoms with Gasteiger partial charge in [0.2, 0.25) is 5.28 Å². The minimum Gasteiger partial charge on any atom is -0.497 e. The fourth-order valence-corrected chi connectivity index (χ4v) is 2.63. The van der Waals surface area contributed by atoms with Crippen molar-refractivity contribution in [1.29, 1.82) is 0 Å². The maximum Gasteiger partial charge on any atom is 0.224 e. The van der Waals surface area contributed by atoms with Crippen LogP contribution in [0.2, 0.25) is 5.28 Å². The summed E-state index contributed by atoms with van der Waals surface area (Å²) in [6.45, 7) is 0. The molecule has 0 radical (unpaired) electrons. The van der Waals surface area contributed by atoms with Gasteiger partial charge in [-0.2, -0.15) is 4.98 Å². The Bertz CT molecular complexity index is 811. The maximum atomic E-state index is 13.6. The minimum atomic E-state index is -0.595. The molecule has 3 aromatic rings. The van der Waals surface area contributed by atoms with E-state index in [1.807, 2.05) is 29.6 Å². The first-order valence-corrected chi connectivity index (χ1v) is 7.46. The van der Waals surface area contributed by atoms with Crippen molar-refractivity contribution in [3.8, 4) is 17.0 Å². The van der Waals surface area contributed by atoms with Gasteiger partial charge in [0.15, 0.2) is 16.8 Å². The second kappa shape index (κ2) is 6.25. The molecule has 0 amide bonds. The van der Waals surface area contributed by atoms with Crippen molar-refractivity contribution in [3.63, 3.8) is 0 Å². The van der Waals surface area contributed by atoms with Crippen LogP contribution >= 0.6 is 22.9 Å². The molecule has 8 heteroatoms. The molecule has 112 valence electrons. The van der Waals surface area contributed by atoms with Crippen LogP contribution < -0.4 is 10.1 Å². The molecule has 0 fully saturated rings. The standard InChI is InChI=1S/C14H10ClFN4OS/c1-21-9-4-2-3-8(5-9)11-7-22-14(18-11)20-12-10(16)6-17-13(15)19-12/h2-7H,1H3,(H,17,18,19,20). The number of nitrogens with zero attached hydrogens (tertiary/aromatic N) is 3. The van der Waals surface area contributed by atoms with Crippen LogP contribution in [0.15, 0.2) is 35.8 Å².